The van der Waals surface area contributed by atoms with Gasteiger partial charge in [-0.3, -0.25) is 0 Å². The van der Waals surface area contributed by atoms with Crippen LogP contribution in [0.15, 0.2) is 0 Å². The molecule has 1 amide bonds. The van der Waals surface area contributed by atoms with E-state index in [0.717, 1.165) is 6.42 Å². The Labute approximate surface area is 102 Å². The van der Waals surface area contributed by atoms with Gasteiger partial charge < -0.3 is 25.7 Å². The highest BCUT2D eigenvalue weighted by Gasteiger charge is 2.04. The predicted octanol–water partition coefficient (Wildman–Crippen LogP) is 0.274. The monoisotopic (exact) mass is 256 g/mol. The molecule has 0 bridgehead atoms. The molecule has 0 rings (SSSR count). The van der Waals surface area contributed by atoms with Crippen LogP contribution in [0.1, 0.15) is 13.3 Å². The van der Waals surface area contributed by atoms with Crippen LogP contribution in [0.25, 0.3) is 0 Å². The minimum Gasteiger partial charge on any atom is -0.447 e. The summed E-state index contributed by atoms with van der Waals surface area (Å²) in [5.41, 5.74) is 10.1. The van der Waals surface area contributed by atoms with Gasteiger partial charge in [0, 0.05) is 6.61 Å². The Balaban J connectivity index is 0. The van der Waals surface area contributed by atoms with E-state index in [4.69, 9.17) is 20.9 Å². The molecule has 0 saturated heterocycles. The molecule has 0 aromatic carbocycles. The van der Waals surface area contributed by atoms with Gasteiger partial charge in [0.15, 0.2) is 0 Å². The fraction of sp³-hybridized carbons (Fsp3) is 0.889. The molecule has 1 unspecified atom stereocenters. The van der Waals surface area contributed by atoms with Gasteiger partial charge >= 0.3 is 6.09 Å². The van der Waals surface area contributed by atoms with E-state index in [2.05, 4.69) is 4.74 Å². The van der Waals surface area contributed by atoms with Crippen LogP contribution in [-0.2, 0) is 14.2 Å². The van der Waals surface area contributed by atoms with Crippen molar-refractivity contribution in [2.45, 2.75) is 19.4 Å². The first-order chi connectivity index (χ1) is 7.16. The second-order valence-corrected chi connectivity index (χ2v) is 3.07. The molecule has 0 aliphatic carbocycles. The van der Waals surface area contributed by atoms with E-state index >= 15 is 0 Å². The third kappa shape index (κ3) is 13.4. The summed E-state index contributed by atoms with van der Waals surface area (Å²) in [4.78, 5) is 10.3. The lowest BCUT2D eigenvalue weighted by Crippen LogP contribution is -2.23. The van der Waals surface area contributed by atoms with E-state index < -0.39 is 6.09 Å². The van der Waals surface area contributed by atoms with E-state index in [1.807, 2.05) is 0 Å². The van der Waals surface area contributed by atoms with Crippen molar-refractivity contribution in [1.29, 1.82) is 0 Å². The van der Waals surface area contributed by atoms with Crippen LogP contribution >= 0.6 is 12.4 Å². The Kier molecular flexibility index (Phi) is 13.9. The van der Waals surface area contributed by atoms with E-state index in [0.29, 0.717) is 26.4 Å². The molecule has 0 radical (unpaired) electrons. The average molecular weight is 257 g/mol. The number of primary amides is 1. The van der Waals surface area contributed by atoms with Crippen molar-refractivity contribution in [2.75, 3.05) is 33.0 Å². The van der Waals surface area contributed by atoms with Crippen molar-refractivity contribution in [3.8, 4) is 0 Å². The largest absolute Gasteiger partial charge is 0.447 e. The third-order valence-corrected chi connectivity index (χ3v) is 1.58. The minimum absolute atomic E-state index is 0. The van der Waals surface area contributed by atoms with Gasteiger partial charge in [0.2, 0.25) is 0 Å². The second-order valence-electron chi connectivity index (χ2n) is 3.07. The van der Waals surface area contributed by atoms with Crippen LogP contribution in [0, 0.1) is 0 Å². The molecule has 0 spiro atoms. The molecule has 16 heavy (non-hydrogen) atoms. The molecule has 0 aromatic rings. The molecule has 0 saturated carbocycles. The number of nitrogens with two attached hydrogens (primary N) is 2. The van der Waals surface area contributed by atoms with Gasteiger partial charge in [0.05, 0.1) is 19.3 Å². The lowest BCUT2D eigenvalue weighted by atomic mass is 10.4. The summed E-state index contributed by atoms with van der Waals surface area (Å²) in [5.74, 6) is 0. The normalized spacial score (nSPS) is 11.6. The van der Waals surface area contributed by atoms with Crippen molar-refractivity contribution >= 4 is 18.5 Å². The van der Waals surface area contributed by atoms with Crippen LogP contribution in [0.2, 0.25) is 0 Å². The molecule has 98 valence electrons. The second kappa shape index (κ2) is 12.5. The molecule has 0 fully saturated rings. The molecule has 1 atom stereocenters. The van der Waals surface area contributed by atoms with Crippen molar-refractivity contribution in [3.05, 3.63) is 0 Å². The number of carbonyl (C=O) groups excluding carboxylic acids is 1. The molecule has 0 aliphatic rings. The van der Waals surface area contributed by atoms with E-state index in [-0.39, 0.29) is 25.1 Å². The summed E-state index contributed by atoms with van der Waals surface area (Å²) in [6, 6.07) is 0. The maximum Gasteiger partial charge on any atom is 0.404 e. The van der Waals surface area contributed by atoms with Crippen LogP contribution in [0.3, 0.4) is 0 Å². The van der Waals surface area contributed by atoms with Crippen molar-refractivity contribution in [3.63, 3.8) is 0 Å². The van der Waals surface area contributed by atoms with Crippen molar-refractivity contribution in [1.82, 2.24) is 0 Å². The third-order valence-electron chi connectivity index (χ3n) is 1.58. The first-order valence-corrected chi connectivity index (χ1v) is 4.98. The topological polar surface area (TPSA) is 96.8 Å². The standard InChI is InChI=1S/C9H20N2O4.ClH/c1-8(7-15-9(11)12)14-6-5-13-4-2-3-10;/h8H,2-7,10H2,1H3,(H2,11,12);1H. The first-order valence-electron chi connectivity index (χ1n) is 4.98. The Morgan fingerprint density at radius 1 is 1.31 bits per heavy atom. The Bertz CT molecular complexity index is 172. The van der Waals surface area contributed by atoms with Gasteiger partial charge in [-0.25, -0.2) is 4.79 Å². The summed E-state index contributed by atoms with van der Waals surface area (Å²) < 4.78 is 15.1. The molecule has 7 heteroatoms. The van der Waals surface area contributed by atoms with E-state index in [1.165, 1.54) is 0 Å². The highest BCUT2D eigenvalue weighted by molar-refractivity contribution is 5.85. The van der Waals surface area contributed by atoms with Gasteiger partial charge in [-0.2, -0.15) is 0 Å². The average Bonchev–Trinajstić information content (AvgIpc) is 2.20. The number of amides is 1. The van der Waals surface area contributed by atoms with Crippen LogP contribution < -0.4 is 11.5 Å². The number of halogens is 1. The summed E-state index contributed by atoms with van der Waals surface area (Å²) in [6.45, 7) is 4.21. The number of ether oxygens (including phenoxy) is 3. The SMILES string of the molecule is CC(COC(N)=O)OCCOCCCN.Cl. The zero-order valence-electron chi connectivity index (χ0n) is 9.52. The van der Waals surface area contributed by atoms with Crippen LogP contribution in [-0.4, -0.2) is 45.2 Å². The molecule has 6 nitrogen and oxygen atoms in total. The van der Waals surface area contributed by atoms with Gasteiger partial charge in [-0.1, -0.05) is 0 Å². The highest BCUT2D eigenvalue weighted by Crippen LogP contribution is 1.92. The smallest absolute Gasteiger partial charge is 0.404 e. The van der Waals surface area contributed by atoms with Gasteiger partial charge in [-0.15, -0.1) is 12.4 Å². The number of carbonyl (C=O) groups is 1. The van der Waals surface area contributed by atoms with Crippen LogP contribution in [0.4, 0.5) is 4.79 Å². The Morgan fingerprint density at radius 3 is 2.56 bits per heavy atom. The highest BCUT2D eigenvalue weighted by atomic mass is 35.5. The molecule has 0 heterocycles. The molecule has 4 N–H and O–H groups in total. The van der Waals surface area contributed by atoms with Crippen molar-refractivity contribution in [2.24, 2.45) is 11.5 Å². The molecule has 0 aliphatic heterocycles. The zero-order valence-corrected chi connectivity index (χ0v) is 10.3. The molecular formula is C9H21ClN2O4. The van der Waals surface area contributed by atoms with Gasteiger partial charge in [0.25, 0.3) is 0 Å². The number of hydrogen-bond donors (Lipinski definition) is 2. The lowest BCUT2D eigenvalue weighted by Gasteiger charge is -2.12. The number of rotatable bonds is 9. The lowest BCUT2D eigenvalue weighted by molar-refractivity contribution is -0.0135. The quantitative estimate of drug-likeness (QED) is 0.578. The zero-order chi connectivity index (χ0) is 11.5. The maximum atomic E-state index is 10.3. The minimum atomic E-state index is -0.787. The van der Waals surface area contributed by atoms with Gasteiger partial charge in [0.1, 0.15) is 6.61 Å². The fourth-order valence-corrected chi connectivity index (χ4v) is 0.843. The molecular weight excluding hydrogens is 236 g/mol. The summed E-state index contributed by atoms with van der Waals surface area (Å²) in [6.07, 6.45) is -0.111. The fourth-order valence-electron chi connectivity index (χ4n) is 0.843. The summed E-state index contributed by atoms with van der Waals surface area (Å²) in [7, 11) is 0. The maximum absolute atomic E-state index is 10.3. The summed E-state index contributed by atoms with van der Waals surface area (Å²) >= 11 is 0. The van der Waals surface area contributed by atoms with Crippen LogP contribution in [0.5, 0.6) is 0 Å². The predicted molar refractivity (Wildman–Crippen MR) is 62.7 cm³/mol. The Hall–Kier alpha value is -0.560. The Morgan fingerprint density at radius 2 is 2.00 bits per heavy atom. The first kappa shape index (κ1) is 17.8. The van der Waals surface area contributed by atoms with Gasteiger partial charge in [-0.05, 0) is 19.9 Å². The summed E-state index contributed by atoms with van der Waals surface area (Å²) in [5, 5.41) is 0. The van der Waals surface area contributed by atoms with Crippen molar-refractivity contribution < 1.29 is 19.0 Å². The molecule has 0 aromatic heterocycles. The number of hydrogen-bond acceptors (Lipinski definition) is 5. The van der Waals surface area contributed by atoms with E-state index in [9.17, 15) is 4.79 Å². The van der Waals surface area contributed by atoms with E-state index in [1.54, 1.807) is 6.92 Å².